The molecule has 0 fully saturated rings. The first kappa shape index (κ1) is 14.7. The molecule has 0 spiro atoms. The van der Waals surface area contributed by atoms with Gasteiger partial charge in [-0.05, 0) is 24.5 Å². The highest BCUT2D eigenvalue weighted by Gasteiger charge is 2.24. The van der Waals surface area contributed by atoms with Crippen LogP contribution in [0.3, 0.4) is 0 Å². The summed E-state index contributed by atoms with van der Waals surface area (Å²) in [5, 5.41) is 0. The Morgan fingerprint density at radius 2 is 1.83 bits per heavy atom. The van der Waals surface area contributed by atoms with Crippen LogP contribution in [-0.4, -0.2) is 20.4 Å². The van der Waals surface area contributed by atoms with E-state index in [1.54, 1.807) is 18.2 Å². The van der Waals surface area contributed by atoms with Gasteiger partial charge in [0, 0.05) is 0 Å². The Bertz CT molecular complexity index is 496. The summed E-state index contributed by atoms with van der Waals surface area (Å²) in [7, 11) is -4.07. The Kier molecular flexibility index (Phi) is 4.86. The highest BCUT2D eigenvalue weighted by Crippen LogP contribution is 2.13. The van der Waals surface area contributed by atoms with Crippen LogP contribution in [0.1, 0.15) is 20.3 Å². The Balaban J connectivity index is 2.76. The van der Waals surface area contributed by atoms with E-state index >= 15 is 0 Å². The minimum atomic E-state index is -4.07. The number of hydrogen-bond acceptors (Lipinski definition) is 5. The van der Waals surface area contributed by atoms with Crippen molar-refractivity contribution in [3.8, 4) is 0 Å². The molecule has 0 saturated heterocycles. The van der Waals surface area contributed by atoms with Crippen molar-refractivity contribution in [3.63, 3.8) is 0 Å². The second-order valence-electron chi connectivity index (χ2n) is 4.41. The fraction of sp³-hybridized carbons (Fsp3) is 0.417. The van der Waals surface area contributed by atoms with Crippen molar-refractivity contribution in [2.45, 2.75) is 31.2 Å². The van der Waals surface area contributed by atoms with Crippen LogP contribution in [-0.2, 0) is 19.1 Å². The number of hydrogen-bond donors (Lipinski definition) is 1. The predicted octanol–water partition coefficient (Wildman–Crippen LogP) is 1.29. The highest BCUT2D eigenvalue weighted by atomic mass is 32.2. The Morgan fingerprint density at radius 1 is 1.28 bits per heavy atom. The molecule has 5 nitrogen and oxygen atoms in total. The number of carbonyl (C=O) groups is 1. The minimum Gasteiger partial charge on any atom is -0.341 e. The SMILES string of the molecule is CC(C)C[C@H](N)C(=O)OS(=O)(=O)c1ccccc1. The van der Waals surface area contributed by atoms with Crippen molar-refractivity contribution in [3.05, 3.63) is 30.3 Å². The summed E-state index contributed by atoms with van der Waals surface area (Å²) in [4.78, 5) is 11.5. The maximum Gasteiger partial charge on any atom is 0.341 e. The van der Waals surface area contributed by atoms with Gasteiger partial charge in [-0.2, -0.15) is 8.42 Å². The van der Waals surface area contributed by atoms with Crippen molar-refractivity contribution in [1.29, 1.82) is 0 Å². The normalized spacial score (nSPS) is 13.3. The largest absolute Gasteiger partial charge is 0.341 e. The summed E-state index contributed by atoms with van der Waals surface area (Å²) in [6, 6.07) is 6.56. The Morgan fingerprint density at radius 3 is 2.33 bits per heavy atom. The van der Waals surface area contributed by atoms with Gasteiger partial charge >= 0.3 is 16.1 Å². The van der Waals surface area contributed by atoms with E-state index in [-0.39, 0.29) is 10.8 Å². The second-order valence-corrected chi connectivity index (χ2v) is 5.95. The van der Waals surface area contributed by atoms with E-state index < -0.39 is 22.1 Å². The van der Waals surface area contributed by atoms with Gasteiger partial charge in [0.05, 0.1) is 0 Å². The number of benzene rings is 1. The molecule has 0 saturated carbocycles. The average molecular weight is 271 g/mol. The molecule has 0 radical (unpaired) electrons. The fourth-order valence-electron chi connectivity index (χ4n) is 1.41. The lowest BCUT2D eigenvalue weighted by Crippen LogP contribution is -2.35. The number of rotatable bonds is 5. The van der Waals surface area contributed by atoms with Crippen LogP contribution >= 0.6 is 0 Å². The van der Waals surface area contributed by atoms with Crippen molar-refractivity contribution >= 4 is 16.1 Å². The van der Waals surface area contributed by atoms with Gasteiger partial charge < -0.3 is 9.92 Å². The molecule has 0 aliphatic heterocycles. The first-order valence-electron chi connectivity index (χ1n) is 5.62. The quantitative estimate of drug-likeness (QED) is 0.815. The Labute approximate surface area is 107 Å². The van der Waals surface area contributed by atoms with Gasteiger partial charge in [-0.15, -0.1) is 0 Å². The molecule has 1 aromatic rings. The van der Waals surface area contributed by atoms with Crippen LogP contribution in [0.2, 0.25) is 0 Å². The Hall–Kier alpha value is -1.40. The summed E-state index contributed by atoms with van der Waals surface area (Å²) in [5.41, 5.74) is 5.56. The zero-order chi connectivity index (χ0) is 13.8. The van der Waals surface area contributed by atoms with Gasteiger partial charge in [0.1, 0.15) is 10.9 Å². The van der Waals surface area contributed by atoms with Gasteiger partial charge in [-0.1, -0.05) is 32.0 Å². The molecule has 0 aliphatic rings. The molecule has 1 atom stereocenters. The lowest BCUT2D eigenvalue weighted by molar-refractivity contribution is -0.135. The third-order valence-corrected chi connectivity index (χ3v) is 3.49. The molecule has 1 aromatic carbocycles. The molecule has 1 rings (SSSR count). The lowest BCUT2D eigenvalue weighted by atomic mass is 10.1. The topological polar surface area (TPSA) is 86.5 Å². The summed E-state index contributed by atoms with van der Waals surface area (Å²) >= 11 is 0. The average Bonchev–Trinajstić information content (AvgIpc) is 2.28. The van der Waals surface area contributed by atoms with Crippen molar-refractivity contribution in [2.75, 3.05) is 0 Å². The molecule has 0 unspecified atom stereocenters. The second kappa shape index (κ2) is 5.97. The van der Waals surface area contributed by atoms with Crippen LogP contribution in [0.5, 0.6) is 0 Å². The summed E-state index contributed by atoms with van der Waals surface area (Å²) < 4.78 is 28.0. The van der Waals surface area contributed by atoms with Crippen LogP contribution in [0.15, 0.2) is 35.2 Å². The monoisotopic (exact) mass is 271 g/mol. The van der Waals surface area contributed by atoms with E-state index in [0.29, 0.717) is 6.42 Å². The highest BCUT2D eigenvalue weighted by molar-refractivity contribution is 7.87. The van der Waals surface area contributed by atoms with Gasteiger partial charge in [-0.3, -0.25) is 0 Å². The molecule has 100 valence electrons. The van der Waals surface area contributed by atoms with Crippen LogP contribution in [0.4, 0.5) is 0 Å². The summed E-state index contributed by atoms with van der Waals surface area (Å²) in [6.45, 7) is 3.78. The third-order valence-electron chi connectivity index (χ3n) is 2.25. The molecule has 6 heteroatoms. The van der Waals surface area contributed by atoms with E-state index in [0.717, 1.165) is 0 Å². The fourth-order valence-corrected chi connectivity index (χ4v) is 2.34. The zero-order valence-corrected chi connectivity index (χ0v) is 11.2. The smallest absolute Gasteiger partial charge is 0.341 e. The van der Waals surface area contributed by atoms with Gasteiger partial charge in [0.2, 0.25) is 0 Å². The first-order valence-corrected chi connectivity index (χ1v) is 7.02. The van der Waals surface area contributed by atoms with E-state index in [9.17, 15) is 13.2 Å². The summed E-state index contributed by atoms with van der Waals surface area (Å²) in [6.07, 6.45) is 0.378. The lowest BCUT2D eigenvalue weighted by Gasteiger charge is -2.13. The van der Waals surface area contributed by atoms with Crippen molar-refractivity contribution in [2.24, 2.45) is 11.7 Å². The summed E-state index contributed by atoms with van der Waals surface area (Å²) in [5.74, 6) is -0.737. The van der Waals surface area contributed by atoms with Crippen molar-refractivity contribution < 1.29 is 17.4 Å². The first-order chi connectivity index (χ1) is 8.33. The molecule has 2 N–H and O–H groups in total. The zero-order valence-electron chi connectivity index (χ0n) is 10.4. The number of nitrogens with two attached hydrogens (primary N) is 1. The molecule has 0 heterocycles. The van der Waals surface area contributed by atoms with E-state index in [2.05, 4.69) is 4.18 Å². The van der Waals surface area contributed by atoms with Crippen LogP contribution in [0.25, 0.3) is 0 Å². The maximum atomic E-state index is 11.7. The molecule has 0 aliphatic carbocycles. The van der Waals surface area contributed by atoms with Gasteiger partial charge in [0.25, 0.3) is 0 Å². The van der Waals surface area contributed by atoms with E-state index in [4.69, 9.17) is 5.73 Å². The molecule has 0 bridgehead atoms. The van der Waals surface area contributed by atoms with E-state index in [1.165, 1.54) is 12.1 Å². The van der Waals surface area contributed by atoms with Gasteiger partial charge in [0.15, 0.2) is 0 Å². The van der Waals surface area contributed by atoms with Crippen LogP contribution < -0.4 is 5.73 Å². The molecule has 0 amide bonds. The van der Waals surface area contributed by atoms with E-state index in [1.807, 2.05) is 13.8 Å². The third kappa shape index (κ3) is 4.12. The molecule has 0 aromatic heterocycles. The molecular formula is C12H17NO4S. The van der Waals surface area contributed by atoms with Gasteiger partial charge in [-0.25, -0.2) is 4.79 Å². The van der Waals surface area contributed by atoms with Crippen LogP contribution in [0, 0.1) is 5.92 Å². The maximum absolute atomic E-state index is 11.7. The molecule has 18 heavy (non-hydrogen) atoms. The predicted molar refractivity (Wildman–Crippen MR) is 67.2 cm³/mol. The van der Waals surface area contributed by atoms with Crippen molar-refractivity contribution in [1.82, 2.24) is 0 Å². The molecular weight excluding hydrogens is 254 g/mol. The standard InChI is InChI=1S/C12H17NO4S/c1-9(2)8-11(13)12(14)17-18(15,16)10-6-4-3-5-7-10/h3-7,9,11H,8,13H2,1-2H3/t11-/m0/s1. The number of carbonyl (C=O) groups excluding carboxylic acids is 1. The minimum absolute atomic E-state index is 0.0601.